The molecule has 100 valence electrons. The van der Waals surface area contributed by atoms with Gasteiger partial charge in [0.1, 0.15) is 0 Å². The third-order valence-electron chi connectivity index (χ3n) is 3.13. The van der Waals surface area contributed by atoms with Crippen LogP contribution in [0.4, 0.5) is 5.95 Å². The maximum atomic E-state index is 10.4. The first-order chi connectivity index (χ1) is 8.75. The Morgan fingerprint density at radius 2 is 2.06 bits per heavy atom. The number of carboxylic acid groups (broad SMARTS) is 1. The summed E-state index contributed by atoms with van der Waals surface area (Å²) in [5.41, 5.74) is 0. The zero-order chi connectivity index (χ0) is 12.8. The van der Waals surface area contributed by atoms with Gasteiger partial charge in [-0.25, -0.2) is 0 Å². The molecule has 0 aliphatic carbocycles. The van der Waals surface area contributed by atoms with Crippen LogP contribution in [0.2, 0.25) is 0 Å². The summed E-state index contributed by atoms with van der Waals surface area (Å²) in [6.45, 7) is 2.00. The summed E-state index contributed by atoms with van der Waals surface area (Å²) in [7, 11) is 0. The molecular weight excluding hydrogens is 234 g/mol. The lowest BCUT2D eigenvalue weighted by atomic mass is 10.1. The van der Waals surface area contributed by atoms with Crippen LogP contribution in [0.1, 0.15) is 44.4 Å². The highest BCUT2D eigenvalue weighted by Crippen LogP contribution is 2.17. The molecule has 0 atom stereocenters. The van der Waals surface area contributed by atoms with Gasteiger partial charge in [-0.15, -0.1) is 0 Å². The van der Waals surface area contributed by atoms with Crippen LogP contribution < -0.4 is 4.90 Å². The highest BCUT2D eigenvalue weighted by Gasteiger charge is 2.16. The molecule has 0 saturated carbocycles. The molecule has 6 nitrogen and oxygen atoms in total. The van der Waals surface area contributed by atoms with E-state index < -0.39 is 5.97 Å². The predicted octanol–water partition coefficient (Wildman–Crippen LogP) is 1.86. The monoisotopic (exact) mass is 253 g/mol. The van der Waals surface area contributed by atoms with E-state index >= 15 is 0 Å². The summed E-state index contributed by atoms with van der Waals surface area (Å²) in [6, 6.07) is 0. The van der Waals surface area contributed by atoms with Crippen molar-refractivity contribution in [1.82, 2.24) is 10.1 Å². The number of rotatable bonds is 6. The van der Waals surface area contributed by atoms with E-state index in [9.17, 15) is 4.79 Å². The Labute approximate surface area is 106 Å². The van der Waals surface area contributed by atoms with E-state index in [4.69, 9.17) is 9.63 Å². The van der Waals surface area contributed by atoms with Gasteiger partial charge in [-0.3, -0.25) is 4.79 Å². The van der Waals surface area contributed by atoms with Gasteiger partial charge in [-0.05, 0) is 37.3 Å². The Hall–Kier alpha value is -1.59. The summed E-state index contributed by atoms with van der Waals surface area (Å²) in [5, 5.41) is 12.5. The molecule has 1 aliphatic rings. The van der Waals surface area contributed by atoms with Crippen LogP contribution in [0.5, 0.6) is 0 Å². The molecule has 1 aliphatic heterocycles. The number of carbonyl (C=O) groups is 1. The van der Waals surface area contributed by atoms with E-state index in [1.807, 2.05) is 0 Å². The molecule has 1 aromatic rings. The normalized spacial score (nSPS) is 15.9. The van der Waals surface area contributed by atoms with Crippen LogP contribution in [0, 0.1) is 0 Å². The van der Waals surface area contributed by atoms with Crippen molar-refractivity contribution in [3.05, 3.63) is 5.89 Å². The van der Waals surface area contributed by atoms with Crippen molar-refractivity contribution < 1.29 is 14.4 Å². The molecule has 0 aromatic carbocycles. The molecule has 2 heterocycles. The van der Waals surface area contributed by atoms with Gasteiger partial charge in [0.2, 0.25) is 5.89 Å². The zero-order valence-electron chi connectivity index (χ0n) is 10.5. The largest absolute Gasteiger partial charge is 0.481 e. The molecule has 1 saturated heterocycles. The lowest BCUT2D eigenvalue weighted by Crippen LogP contribution is -2.30. The molecule has 2 rings (SSSR count). The molecule has 0 radical (unpaired) electrons. The molecule has 0 amide bonds. The third-order valence-corrected chi connectivity index (χ3v) is 3.13. The van der Waals surface area contributed by atoms with Gasteiger partial charge in [0.05, 0.1) is 0 Å². The van der Waals surface area contributed by atoms with E-state index in [0.717, 1.165) is 19.5 Å². The number of hydrogen-bond donors (Lipinski definition) is 1. The van der Waals surface area contributed by atoms with E-state index in [1.165, 1.54) is 19.3 Å². The van der Waals surface area contributed by atoms with Crippen molar-refractivity contribution >= 4 is 11.9 Å². The molecule has 0 bridgehead atoms. The molecule has 1 aromatic heterocycles. The fourth-order valence-corrected chi connectivity index (χ4v) is 2.12. The number of aryl methyl sites for hydroxylation is 1. The van der Waals surface area contributed by atoms with Crippen LogP contribution in [0.25, 0.3) is 0 Å². The molecule has 1 fully saturated rings. The quantitative estimate of drug-likeness (QED) is 0.779. The van der Waals surface area contributed by atoms with E-state index in [1.54, 1.807) is 0 Å². The number of piperidine rings is 1. The Morgan fingerprint density at radius 1 is 1.28 bits per heavy atom. The van der Waals surface area contributed by atoms with Crippen LogP contribution in [0.3, 0.4) is 0 Å². The minimum absolute atomic E-state index is 0.202. The average Bonchev–Trinajstić information content (AvgIpc) is 2.84. The Bertz CT molecular complexity index is 386. The number of anilines is 1. The Morgan fingerprint density at radius 3 is 2.78 bits per heavy atom. The van der Waals surface area contributed by atoms with Gasteiger partial charge in [-0.1, -0.05) is 0 Å². The fourth-order valence-electron chi connectivity index (χ4n) is 2.12. The first-order valence-corrected chi connectivity index (χ1v) is 6.55. The number of hydrogen-bond acceptors (Lipinski definition) is 5. The third kappa shape index (κ3) is 3.72. The zero-order valence-corrected chi connectivity index (χ0v) is 10.5. The van der Waals surface area contributed by atoms with Gasteiger partial charge in [-0.2, -0.15) is 4.98 Å². The number of aliphatic carboxylic acids is 1. The molecule has 18 heavy (non-hydrogen) atoms. The predicted molar refractivity (Wildman–Crippen MR) is 65.6 cm³/mol. The molecule has 0 unspecified atom stereocenters. The summed E-state index contributed by atoms with van der Waals surface area (Å²) >= 11 is 0. The van der Waals surface area contributed by atoms with Gasteiger partial charge in [0.15, 0.2) is 0 Å². The van der Waals surface area contributed by atoms with Gasteiger partial charge < -0.3 is 14.5 Å². The van der Waals surface area contributed by atoms with E-state index in [0.29, 0.717) is 24.7 Å². The van der Waals surface area contributed by atoms with Crippen molar-refractivity contribution in [2.24, 2.45) is 0 Å². The van der Waals surface area contributed by atoms with E-state index in [2.05, 4.69) is 15.0 Å². The number of carboxylic acids is 1. The maximum Gasteiger partial charge on any atom is 0.303 e. The highest BCUT2D eigenvalue weighted by atomic mass is 16.5. The smallest absolute Gasteiger partial charge is 0.303 e. The van der Waals surface area contributed by atoms with Gasteiger partial charge in [0, 0.05) is 25.9 Å². The second-order valence-corrected chi connectivity index (χ2v) is 4.64. The standard InChI is InChI=1S/C12H19N3O3/c16-11(17)7-3-2-6-10-13-12(14-18-10)15-8-4-1-5-9-15/h1-9H2,(H,16,17). The second-order valence-electron chi connectivity index (χ2n) is 4.64. The molecule has 1 N–H and O–H groups in total. The lowest BCUT2D eigenvalue weighted by Gasteiger charge is -2.24. The summed E-state index contributed by atoms with van der Waals surface area (Å²) in [6.07, 6.45) is 5.92. The number of aromatic nitrogens is 2. The van der Waals surface area contributed by atoms with Crippen molar-refractivity contribution in [3.8, 4) is 0 Å². The summed E-state index contributed by atoms with van der Waals surface area (Å²) in [5.74, 6) is 0.540. The van der Waals surface area contributed by atoms with Gasteiger partial charge >= 0.3 is 5.97 Å². The van der Waals surface area contributed by atoms with Gasteiger partial charge in [0.25, 0.3) is 5.95 Å². The number of unbranched alkanes of at least 4 members (excludes halogenated alkanes) is 1. The Kier molecular flexibility index (Phi) is 4.55. The second kappa shape index (κ2) is 6.37. The van der Waals surface area contributed by atoms with Crippen molar-refractivity contribution in [1.29, 1.82) is 0 Å². The SMILES string of the molecule is O=C(O)CCCCc1nc(N2CCCCC2)no1. The minimum atomic E-state index is -0.755. The topological polar surface area (TPSA) is 79.5 Å². The van der Waals surface area contributed by atoms with Crippen molar-refractivity contribution in [3.63, 3.8) is 0 Å². The fraction of sp³-hybridized carbons (Fsp3) is 0.750. The first kappa shape index (κ1) is 12.9. The van der Waals surface area contributed by atoms with Crippen molar-refractivity contribution in [2.45, 2.75) is 44.9 Å². The lowest BCUT2D eigenvalue weighted by molar-refractivity contribution is -0.137. The summed E-state index contributed by atoms with van der Waals surface area (Å²) in [4.78, 5) is 16.9. The Balaban J connectivity index is 1.76. The molecule has 0 spiro atoms. The minimum Gasteiger partial charge on any atom is -0.481 e. The maximum absolute atomic E-state index is 10.4. The van der Waals surface area contributed by atoms with Crippen molar-refractivity contribution in [2.75, 3.05) is 18.0 Å². The average molecular weight is 253 g/mol. The van der Waals surface area contributed by atoms with Crippen LogP contribution in [-0.2, 0) is 11.2 Å². The molecular formula is C12H19N3O3. The number of nitrogens with zero attached hydrogens (tertiary/aromatic N) is 3. The van der Waals surface area contributed by atoms with E-state index in [-0.39, 0.29) is 6.42 Å². The van der Waals surface area contributed by atoms with Crippen LogP contribution >= 0.6 is 0 Å². The van der Waals surface area contributed by atoms with Crippen LogP contribution in [0.15, 0.2) is 4.52 Å². The van der Waals surface area contributed by atoms with Crippen LogP contribution in [-0.4, -0.2) is 34.3 Å². The molecule has 6 heteroatoms. The first-order valence-electron chi connectivity index (χ1n) is 6.55. The summed E-state index contributed by atoms with van der Waals surface area (Å²) < 4.78 is 5.17. The highest BCUT2D eigenvalue weighted by molar-refractivity contribution is 5.66.